The first-order chi connectivity index (χ1) is 38.5. The van der Waals surface area contributed by atoms with Crippen LogP contribution in [0.3, 0.4) is 0 Å². The van der Waals surface area contributed by atoms with Gasteiger partial charge in [0.2, 0.25) is 0 Å². The van der Waals surface area contributed by atoms with Gasteiger partial charge >= 0.3 is 17.9 Å². The number of ether oxygens (including phenoxy) is 3. The zero-order valence-corrected chi connectivity index (χ0v) is 49.9. The molecule has 1 atom stereocenters. The van der Waals surface area contributed by atoms with Gasteiger partial charge < -0.3 is 14.2 Å². The third-order valence-electron chi connectivity index (χ3n) is 12.4. The molecular formula is C72H112O6. The highest BCUT2D eigenvalue weighted by Gasteiger charge is 2.19. The smallest absolute Gasteiger partial charge is 0.306 e. The second-order valence-electron chi connectivity index (χ2n) is 19.8. The Morgan fingerprint density at radius 1 is 0.269 bits per heavy atom. The van der Waals surface area contributed by atoms with Crippen LogP contribution >= 0.6 is 0 Å². The van der Waals surface area contributed by atoms with Gasteiger partial charge in [-0.2, -0.15) is 0 Å². The molecule has 0 saturated heterocycles. The fourth-order valence-electron chi connectivity index (χ4n) is 7.86. The maximum atomic E-state index is 12.9. The lowest BCUT2D eigenvalue weighted by atomic mass is 10.1. The van der Waals surface area contributed by atoms with E-state index in [1.807, 2.05) is 12.2 Å². The molecule has 0 aliphatic heterocycles. The zero-order valence-electron chi connectivity index (χ0n) is 49.9. The first-order valence-electron chi connectivity index (χ1n) is 31.1. The van der Waals surface area contributed by atoms with E-state index in [4.69, 9.17) is 14.2 Å². The molecule has 6 nitrogen and oxygen atoms in total. The van der Waals surface area contributed by atoms with Crippen LogP contribution in [0.5, 0.6) is 0 Å². The van der Waals surface area contributed by atoms with Crippen LogP contribution in [0.25, 0.3) is 0 Å². The van der Waals surface area contributed by atoms with E-state index in [0.717, 1.165) is 109 Å². The molecule has 0 bridgehead atoms. The van der Waals surface area contributed by atoms with Gasteiger partial charge in [-0.15, -0.1) is 0 Å². The van der Waals surface area contributed by atoms with Crippen molar-refractivity contribution in [2.24, 2.45) is 0 Å². The predicted molar refractivity (Wildman–Crippen MR) is 338 cm³/mol. The van der Waals surface area contributed by atoms with Crippen LogP contribution < -0.4 is 0 Å². The largest absolute Gasteiger partial charge is 0.462 e. The van der Waals surface area contributed by atoms with Gasteiger partial charge in [0.1, 0.15) is 13.2 Å². The van der Waals surface area contributed by atoms with Gasteiger partial charge in [-0.1, -0.05) is 262 Å². The number of esters is 3. The van der Waals surface area contributed by atoms with Gasteiger partial charge in [-0.3, -0.25) is 14.4 Å². The molecule has 0 amide bonds. The Bertz CT molecular complexity index is 1810. The maximum Gasteiger partial charge on any atom is 0.306 e. The van der Waals surface area contributed by atoms with Crippen molar-refractivity contribution in [1.82, 2.24) is 0 Å². The van der Waals surface area contributed by atoms with Crippen LogP contribution in [0, 0.1) is 0 Å². The summed E-state index contributed by atoms with van der Waals surface area (Å²) < 4.78 is 16.8. The second-order valence-corrected chi connectivity index (χ2v) is 19.8. The Morgan fingerprint density at radius 2 is 0.538 bits per heavy atom. The molecule has 78 heavy (non-hydrogen) atoms. The monoisotopic (exact) mass is 1070 g/mol. The van der Waals surface area contributed by atoms with Crippen LogP contribution in [0.4, 0.5) is 0 Å². The maximum absolute atomic E-state index is 12.9. The molecule has 0 aromatic rings. The minimum absolute atomic E-state index is 0.139. The molecule has 1 unspecified atom stereocenters. The van der Waals surface area contributed by atoms with Crippen molar-refractivity contribution in [1.29, 1.82) is 0 Å². The van der Waals surface area contributed by atoms with Crippen LogP contribution in [-0.2, 0) is 28.6 Å². The first-order valence-corrected chi connectivity index (χ1v) is 31.1. The van der Waals surface area contributed by atoms with Crippen molar-refractivity contribution in [2.75, 3.05) is 13.2 Å². The van der Waals surface area contributed by atoms with E-state index >= 15 is 0 Å². The van der Waals surface area contributed by atoms with E-state index in [-0.39, 0.29) is 50.4 Å². The zero-order chi connectivity index (χ0) is 56.4. The number of hydrogen-bond acceptors (Lipinski definition) is 6. The number of allylic oxidation sites excluding steroid dienone is 28. The summed E-state index contributed by atoms with van der Waals surface area (Å²) in [7, 11) is 0. The molecule has 6 heteroatoms. The van der Waals surface area contributed by atoms with E-state index in [9.17, 15) is 14.4 Å². The number of hydrogen-bond donors (Lipinski definition) is 0. The Balaban J connectivity index is 4.51. The molecule has 0 aliphatic rings. The SMILES string of the molecule is CC/C=C\C/C=C\C/C=C\C/C=C\C/C=C\C/C=C\C/C=C\C/C=C\C/C=C\CCCC(=O)OCC(COC(=O)CC/C=C\C/C=C\C/C=C\C/C=C\CC)OC(=O)CCCCCCCCC/C=C\CCCCCCCCC. The van der Waals surface area contributed by atoms with Gasteiger partial charge in [-0.25, -0.2) is 0 Å². The molecule has 0 rings (SSSR count). The number of unbranched alkanes of at least 4 members (excludes halogenated alkanes) is 15. The molecule has 0 aliphatic carbocycles. The van der Waals surface area contributed by atoms with Crippen molar-refractivity contribution in [3.8, 4) is 0 Å². The van der Waals surface area contributed by atoms with E-state index < -0.39 is 6.10 Å². The highest BCUT2D eigenvalue weighted by molar-refractivity contribution is 5.71. The van der Waals surface area contributed by atoms with Gasteiger partial charge in [-0.05, 0) is 135 Å². The summed E-state index contributed by atoms with van der Waals surface area (Å²) >= 11 is 0. The molecule has 0 spiro atoms. The second kappa shape index (κ2) is 64.3. The van der Waals surface area contributed by atoms with Crippen LogP contribution in [0.1, 0.15) is 245 Å². The van der Waals surface area contributed by atoms with Crippen molar-refractivity contribution in [3.05, 3.63) is 170 Å². The van der Waals surface area contributed by atoms with E-state index in [1.54, 1.807) is 0 Å². The summed E-state index contributed by atoms with van der Waals surface area (Å²) in [5, 5.41) is 0. The predicted octanol–water partition coefficient (Wildman–Crippen LogP) is 21.5. The van der Waals surface area contributed by atoms with E-state index in [2.05, 4.69) is 179 Å². The summed E-state index contributed by atoms with van der Waals surface area (Å²) in [5.41, 5.74) is 0. The van der Waals surface area contributed by atoms with E-state index in [0.29, 0.717) is 12.8 Å². The summed E-state index contributed by atoms with van der Waals surface area (Å²) in [6, 6.07) is 0. The third-order valence-corrected chi connectivity index (χ3v) is 12.4. The lowest BCUT2D eigenvalue weighted by Gasteiger charge is -2.18. The summed E-state index contributed by atoms with van der Waals surface area (Å²) in [5.74, 6) is -1.09. The van der Waals surface area contributed by atoms with Gasteiger partial charge in [0.15, 0.2) is 6.10 Å². The fraction of sp³-hybridized carbons (Fsp3) is 0.569. The topological polar surface area (TPSA) is 78.9 Å². The average molecular weight is 1070 g/mol. The molecule has 0 aromatic carbocycles. The minimum atomic E-state index is -0.842. The summed E-state index contributed by atoms with van der Waals surface area (Å²) in [6.45, 7) is 6.28. The molecule has 0 aromatic heterocycles. The molecule has 436 valence electrons. The lowest BCUT2D eigenvalue weighted by molar-refractivity contribution is -0.166. The molecule has 0 heterocycles. The Morgan fingerprint density at radius 3 is 0.910 bits per heavy atom. The number of carbonyl (C=O) groups excluding carboxylic acids is 3. The number of carbonyl (C=O) groups is 3. The van der Waals surface area contributed by atoms with Crippen molar-refractivity contribution in [2.45, 2.75) is 252 Å². The van der Waals surface area contributed by atoms with Crippen molar-refractivity contribution < 1.29 is 28.6 Å². The highest BCUT2D eigenvalue weighted by Crippen LogP contribution is 2.13. The summed E-state index contributed by atoms with van der Waals surface area (Å²) in [6.07, 6.45) is 95.2. The molecule has 0 N–H and O–H groups in total. The summed E-state index contributed by atoms with van der Waals surface area (Å²) in [4.78, 5) is 38.2. The van der Waals surface area contributed by atoms with Crippen LogP contribution in [0.15, 0.2) is 170 Å². The fourth-order valence-corrected chi connectivity index (χ4v) is 7.86. The highest BCUT2D eigenvalue weighted by atomic mass is 16.6. The Hall–Kier alpha value is -5.23. The third kappa shape index (κ3) is 61.6. The molecule has 0 saturated carbocycles. The van der Waals surface area contributed by atoms with Gasteiger partial charge in [0, 0.05) is 19.3 Å². The quantitative estimate of drug-likeness (QED) is 0.0261. The number of rotatable bonds is 54. The lowest BCUT2D eigenvalue weighted by Crippen LogP contribution is -2.30. The van der Waals surface area contributed by atoms with Crippen molar-refractivity contribution in [3.63, 3.8) is 0 Å². The normalized spacial score (nSPS) is 13.3. The minimum Gasteiger partial charge on any atom is -0.462 e. The van der Waals surface area contributed by atoms with Crippen molar-refractivity contribution >= 4 is 17.9 Å². The molecular weight excluding hydrogens is 961 g/mol. The Kier molecular flexibility index (Phi) is 60.0. The Labute approximate surface area is 479 Å². The van der Waals surface area contributed by atoms with E-state index in [1.165, 1.54) is 83.5 Å². The molecule has 0 radical (unpaired) electrons. The molecule has 0 fully saturated rings. The van der Waals surface area contributed by atoms with Crippen LogP contribution in [-0.4, -0.2) is 37.2 Å². The average Bonchev–Trinajstić information content (AvgIpc) is 3.44. The van der Waals surface area contributed by atoms with Gasteiger partial charge in [0.05, 0.1) is 0 Å². The standard InChI is InChI=1S/C72H112O6/c1-4-7-10-13-16-19-22-25-27-29-31-32-33-34-35-36-37-38-39-40-41-43-44-47-50-53-56-59-62-65-71(74)77-68-69(67-76-70(73)64-61-58-55-52-49-46-24-21-18-15-12-9-6-3)78-72(75)66-63-60-57-54-51-48-45-42-30-28-26-23-20-17-14-11-8-5-2/h7,9-10,12,16,18-19,21,25,27-28,30-32,34-35,37-38,40-41,44,46-47,49,53,55-56,58,69H,4-6,8,11,13-15,17,20,22-24,26,29,33,36,39,42-43,45,48,50-52,54,57,59-68H2,1-3H3/b10-7-,12-9-,19-16-,21-18-,27-25-,30-28-,32-31-,35-34-,38-37-,41-40-,47-44-,49-46-,56-53-,58-55-. The van der Waals surface area contributed by atoms with Crippen LogP contribution in [0.2, 0.25) is 0 Å². The first kappa shape index (κ1) is 72.8. The van der Waals surface area contributed by atoms with Gasteiger partial charge in [0.25, 0.3) is 0 Å².